The number of aliphatic hydroxyl groups is 2. The average molecular weight is 449 g/mol. The number of carbonyl (C=O) groups is 3. The second-order valence-corrected chi connectivity index (χ2v) is 9.13. The number of ether oxygens (including phenoxy) is 1. The van der Waals surface area contributed by atoms with Crippen LogP contribution in [0.2, 0.25) is 0 Å². The molecule has 9 heteroatoms. The minimum atomic E-state index is -1.27. The van der Waals surface area contributed by atoms with Gasteiger partial charge in [0.25, 0.3) is 0 Å². The fourth-order valence-electron chi connectivity index (χ4n) is 4.14. The van der Waals surface area contributed by atoms with E-state index in [-0.39, 0.29) is 24.2 Å². The van der Waals surface area contributed by atoms with Crippen molar-refractivity contribution in [3.8, 4) is 5.75 Å². The van der Waals surface area contributed by atoms with Crippen molar-refractivity contribution in [3.05, 3.63) is 29.3 Å². The molecule has 0 aromatic heterocycles. The molecule has 1 heterocycles. The lowest BCUT2D eigenvalue weighted by Crippen LogP contribution is -2.56. The number of aliphatic hydroxyl groups excluding tert-OH is 2. The summed E-state index contributed by atoms with van der Waals surface area (Å²) in [4.78, 5) is 38.4. The van der Waals surface area contributed by atoms with Gasteiger partial charge in [-0.15, -0.1) is 0 Å². The Balaban J connectivity index is 1.63. The summed E-state index contributed by atoms with van der Waals surface area (Å²) >= 11 is 0. The first-order valence-corrected chi connectivity index (χ1v) is 11.0. The Hall–Kier alpha value is -2.49. The van der Waals surface area contributed by atoms with E-state index in [1.54, 1.807) is 12.1 Å². The fraction of sp³-hybridized carbons (Fsp3) is 0.609. The summed E-state index contributed by atoms with van der Waals surface area (Å²) in [5, 5.41) is 34.1. The van der Waals surface area contributed by atoms with Crippen molar-refractivity contribution in [1.29, 1.82) is 0 Å². The largest absolute Gasteiger partial charge is 0.508 e. The zero-order valence-electron chi connectivity index (χ0n) is 18.5. The first-order valence-electron chi connectivity index (χ1n) is 11.0. The van der Waals surface area contributed by atoms with Gasteiger partial charge in [-0.3, -0.25) is 14.4 Å². The van der Waals surface area contributed by atoms with Crippen molar-refractivity contribution in [2.24, 2.45) is 11.8 Å². The summed E-state index contributed by atoms with van der Waals surface area (Å²) < 4.78 is 5.13. The van der Waals surface area contributed by atoms with E-state index in [1.165, 1.54) is 0 Å². The number of aromatic hydroxyl groups is 1. The maximum absolute atomic E-state index is 12.8. The molecule has 0 spiro atoms. The number of phenols is 1. The molecule has 3 rings (SSSR count). The van der Waals surface area contributed by atoms with E-state index in [4.69, 9.17) is 4.74 Å². The highest BCUT2D eigenvalue weighted by molar-refractivity contribution is 5.98. The van der Waals surface area contributed by atoms with Crippen LogP contribution in [0.15, 0.2) is 18.2 Å². The Morgan fingerprint density at radius 1 is 1.16 bits per heavy atom. The fourth-order valence-corrected chi connectivity index (χ4v) is 4.14. The molecule has 1 unspecified atom stereocenters. The number of phenolic OH excluding ortho intramolecular Hbond substituents is 1. The smallest absolute Gasteiger partial charge is 0.245 e. The van der Waals surface area contributed by atoms with Gasteiger partial charge < -0.3 is 30.7 Å². The van der Waals surface area contributed by atoms with Crippen LogP contribution in [0.1, 0.15) is 37.8 Å². The number of hydrogen-bond acceptors (Lipinski definition) is 7. The van der Waals surface area contributed by atoms with Crippen LogP contribution >= 0.6 is 0 Å². The third-order valence-corrected chi connectivity index (χ3v) is 6.14. The third kappa shape index (κ3) is 5.46. The lowest BCUT2D eigenvalue weighted by atomic mass is 9.83. The molecule has 0 saturated carbocycles. The van der Waals surface area contributed by atoms with Crippen molar-refractivity contribution in [2.75, 3.05) is 19.8 Å². The molecule has 1 fully saturated rings. The Morgan fingerprint density at radius 2 is 1.88 bits per heavy atom. The summed E-state index contributed by atoms with van der Waals surface area (Å²) in [5.74, 6) is -1.61. The molecule has 1 saturated heterocycles. The van der Waals surface area contributed by atoms with E-state index >= 15 is 0 Å². The van der Waals surface area contributed by atoms with E-state index in [9.17, 15) is 29.7 Å². The zero-order valence-corrected chi connectivity index (χ0v) is 18.5. The Bertz CT molecular complexity index is 866. The van der Waals surface area contributed by atoms with Crippen molar-refractivity contribution < 1.29 is 34.4 Å². The first-order chi connectivity index (χ1) is 15.2. The van der Waals surface area contributed by atoms with E-state index in [0.717, 1.165) is 11.1 Å². The van der Waals surface area contributed by atoms with Gasteiger partial charge in [-0.2, -0.15) is 0 Å². The quantitative estimate of drug-likeness (QED) is 0.312. The van der Waals surface area contributed by atoms with Crippen LogP contribution < -0.4 is 10.6 Å². The summed E-state index contributed by atoms with van der Waals surface area (Å²) in [6.07, 6.45) is 2.04. The van der Waals surface area contributed by atoms with Crippen molar-refractivity contribution in [3.63, 3.8) is 0 Å². The molecule has 2 aliphatic rings. The molecule has 5 N–H and O–H groups in total. The number of benzene rings is 1. The number of fused-ring (bicyclic) bond motifs is 1. The molecule has 2 amide bonds. The van der Waals surface area contributed by atoms with Gasteiger partial charge in [-0.05, 0) is 54.9 Å². The summed E-state index contributed by atoms with van der Waals surface area (Å²) in [6, 6.07) is 3.00. The Kier molecular flexibility index (Phi) is 7.53. The van der Waals surface area contributed by atoms with Crippen LogP contribution in [0.3, 0.4) is 0 Å². The predicted octanol–water partition coefficient (Wildman–Crippen LogP) is -0.164. The third-order valence-electron chi connectivity index (χ3n) is 6.14. The van der Waals surface area contributed by atoms with Gasteiger partial charge in [0.05, 0.1) is 25.9 Å². The second-order valence-electron chi connectivity index (χ2n) is 9.13. The number of rotatable bonds is 10. The van der Waals surface area contributed by atoms with Gasteiger partial charge in [0.15, 0.2) is 11.4 Å². The van der Waals surface area contributed by atoms with Crippen molar-refractivity contribution in [2.45, 2.75) is 57.2 Å². The van der Waals surface area contributed by atoms with E-state index in [0.29, 0.717) is 25.7 Å². The number of nitrogens with one attached hydrogen (secondary N) is 2. The maximum atomic E-state index is 12.8. The number of Topliss-reactive ketones (excluding diaryl/α,β-unsaturated/α-hetero) is 1. The van der Waals surface area contributed by atoms with Crippen LogP contribution in [-0.4, -0.2) is 70.4 Å². The number of aryl methyl sites for hydroxylation is 1. The Morgan fingerprint density at radius 3 is 2.47 bits per heavy atom. The van der Waals surface area contributed by atoms with Gasteiger partial charge in [-0.25, -0.2) is 0 Å². The second kappa shape index (κ2) is 9.97. The molecule has 1 aromatic rings. The SMILES string of the molecule is CC(C)C[C@H](NC(=O)[C@H](CO)NC(=O)C1CCc2ccc(O)cc2C1)C(=O)[C@@]1(CO)CO1. The standard InChI is InChI=1S/C23H32N2O7/c1-13(2)7-18(20(29)23(11-27)12-32-23)24-22(31)19(10-26)25-21(30)15-4-3-14-5-6-17(28)9-16(14)8-15/h5-6,9,13,15,18-19,26-28H,3-4,7-8,10-12H2,1-2H3,(H,24,31)(H,25,30)/t15?,18-,19-,23+/m0/s1. The minimum absolute atomic E-state index is 0.0830. The van der Waals surface area contributed by atoms with E-state index in [1.807, 2.05) is 19.9 Å². The van der Waals surface area contributed by atoms with Gasteiger partial charge >= 0.3 is 0 Å². The number of carbonyl (C=O) groups excluding carboxylic acids is 3. The molecule has 4 atom stereocenters. The van der Waals surface area contributed by atoms with Crippen LogP contribution in [0.4, 0.5) is 0 Å². The van der Waals surface area contributed by atoms with Gasteiger partial charge in [-0.1, -0.05) is 19.9 Å². The molecule has 32 heavy (non-hydrogen) atoms. The zero-order chi connectivity index (χ0) is 23.5. The van der Waals surface area contributed by atoms with Gasteiger partial charge in [0.2, 0.25) is 11.8 Å². The molecular formula is C23H32N2O7. The molecule has 176 valence electrons. The number of hydrogen-bond donors (Lipinski definition) is 5. The maximum Gasteiger partial charge on any atom is 0.245 e. The number of amides is 2. The summed E-state index contributed by atoms with van der Waals surface area (Å²) in [5.41, 5.74) is 0.701. The highest BCUT2D eigenvalue weighted by Gasteiger charge is 2.54. The summed E-state index contributed by atoms with van der Waals surface area (Å²) in [7, 11) is 0. The average Bonchev–Trinajstić information content (AvgIpc) is 3.56. The normalized spacial score (nSPS) is 23.7. The highest BCUT2D eigenvalue weighted by Crippen LogP contribution is 2.30. The van der Waals surface area contributed by atoms with Gasteiger partial charge in [0, 0.05) is 5.92 Å². The minimum Gasteiger partial charge on any atom is -0.508 e. The highest BCUT2D eigenvalue weighted by atomic mass is 16.6. The molecule has 9 nitrogen and oxygen atoms in total. The number of ketones is 1. The van der Waals surface area contributed by atoms with Crippen molar-refractivity contribution in [1.82, 2.24) is 10.6 Å². The molecule has 1 aliphatic heterocycles. The van der Waals surface area contributed by atoms with Crippen LogP contribution in [-0.2, 0) is 32.0 Å². The van der Waals surface area contributed by atoms with Gasteiger partial charge in [0.1, 0.15) is 11.8 Å². The van der Waals surface area contributed by atoms with E-state index in [2.05, 4.69) is 10.6 Å². The lowest BCUT2D eigenvalue weighted by molar-refractivity contribution is -0.135. The molecule has 0 radical (unpaired) electrons. The monoisotopic (exact) mass is 448 g/mol. The first kappa shape index (κ1) is 24.2. The molecule has 1 aliphatic carbocycles. The lowest BCUT2D eigenvalue weighted by Gasteiger charge is -2.27. The summed E-state index contributed by atoms with van der Waals surface area (Å²) in [6.45, 7) is 2.82. The molecule has 1 aromatic carbocycles. The number of epoxide rings is 1. The van der Waals surface area contributed by atoms with Crippen LogP contribution in [0, 0.1) is 11.8 Å². The Labute approximate surface area is 187 Å². The molecule has 0 bridgehead atoms. The van der Waals surface area contributed by atoms with Crippen LogP contribution in [0.5, 0.6) is 5.75 Å². The molecular weight excluding hydrogens is 416 g/mol. The van der Waals surface area contributed by atoms with Crippen LogP contribution in [0.25, 0.3) is 0 Å². The van der Waals surface area contributed by atoms with E-state index < -0.39 is 48.5 Å². The van der Waals surface area contributed by atoms with Crippen molar-refractivity contribution >= 4 is 17.6 Å². The topological polar surface area (TPSA) is 148 Å². The predicted molar refractivity (Wildman–Crippen MR) is 115 cm³/mol.